The monoisotopic (exact) mass is 472 g/mol. The minimum Gasteiger partial charge on any atom is -0.481 e. The topological polar surface area (TPSA) is 135 Å². The fourth-order valence-electron chi connectivity index (χ4n) is 4.00. The minimum absolute atomic E-state index is 0.0132. The van der Waals surface area contributed by atoms with Crippen molar-refractivity contribution in [2.24, 2.45) is 0 Å². The number of nitrogens with zero attached hydrogens (tertiary/aromatic N) is 4. The molecule has 11 nitrogen and oxygen atoms in total. The van der Waals surface area contributed by atoms with Gasteiger partial charge >= 0.3 is 6.03 Å². The van der Waals surface area contributed by atoms with Crippen LogP contribution in [0, 0.1) is 0 Å². The highest BCUT2D eigenvalue weighted by molar-refractivity contribution is 7.16. The molecule has 5 heterocycles. The normalized spacial score (nSPS) is 20.2. The minimum atomic E-state index is -0.401. The van der Waals surface area contributed by atoms with E-state index in [0.29, 0.717) is 48.1 Å². The Morgan fingerprint density at radius 3 is 3.09 bits per heavy atom. The third-order valence-corrected chi connectivity index (χ3v) is 6.66. The van der Waals surface area contributed by atoms with Gasteiger partial charge in [0.25, 0.3) is 6.01 Å². The Morgan fingerprint density at radius 1 is 1.39 bits per heavy atom. The predicted octanol–water partition coefficient (Wildman–Crippen LogP) is 2.21. The maximum Gasteiger partial charge on any atom is 0.321 e. The first-order valence-electron chi connectivity index (χ1n) is 10.6. The number of thiazole rings is 1. The number of rotatable bonds is 6. The summed E-state index contributed by atoms with van der Waals surface area (Å²) in [5.41, 5.74) is 1.58. The van der Waals surface area contributed by atoms with Gasteiger partial charge in [0.15, 0.2) is 10.9 Å². The van der Waals surface area contributed by atoms with E-state index in [1.165, 1.54) is 11.3 Å². The van der Waals surface area contributed by atoms with Gasteiger partial charge in [0.2, 0.25) is 5.88 Å². The van der Waals surface area contributed by atoms with Crippen molar-refractivity contribution in [2.45, 2.75) is 31.5 Å². The zero-order valence-electron chi connectivity index (χ0n) is 18.1. The lowest BCUT2D eigenvalue weighted by atomic mass is 9.97. The summed E-state index contributed by atoms with van der Waals surface area (Å²) in [5, 5.41) is 15.0. The number of hydrogen-bond donors (Lipinski definition) is 3. The summed E-state index contributed by atoms with van der Waals surface area (Å²) < 4.78 is 17.1. The van der Waals surface area contributed by atoms with Crippen LogP contribution >= 0.6 is 11.3 Å². The van der Waals surface area contributed by atoms with Gasteiger partial charge in [0.1, 0.15) is 5.69 Å². The lowest BCUT2D eigenvalue weighted by Crippen LogP contribution is -2.51. The van der Waals surface area contributed by atoms with Gasteiger partial charge in [0, 0.05) is 12.5 Å². The molecule has 5 rings (SSSR count). The Morgan fingerprint density at radius 2 is 2.27 bits per heavy atom. The molecule has 0 unspecified atom stereocenters. The molecule has 2 amide bonds. The van der Waals surface area contributed by atoms with Crippen LogP contribution in [0.2, 0.25) is 0 Å². The second-order valence-electron chi connectivity index (χ2n) is 7.90. The van der Waals surface area contributed by atoms with Crippen LogP contribution in [0.3, 0.4) is 0 Å². The molecule has 2 aliphatic heterocycles. The Bertz CT molecular complexity index is 1150. The maximum absolute atomic E-state index is 12.1. The highest BCUT2D eigenvalue weighted by atomic mass is 32.1. The Balaban J connectivity index is 1.39. The van der Waals surface area contributed by atoms with Crippen molar-refractivity contribution in [3.63, 3.8) is 0 Å². The van der Waals surface area contributed by atoms with Gasteiger partial charge in [-0.3, -0.25) is 5.32 Å². The molecule has 174 valence electrons. The summed E-state index contributed by atoms with van der Waals surface area (Å²) >= 11 is 1.41. The second kappa shape index (κ2) is 8.96. The molecule has 0 spiro atoms. The van der Waals surface area contributed by atoms with Crippen molar-refractivity contribution in [3.8, 4) is 17.3 Å². The van der Waals surface area contributed by atoms with Gasteiger partial charge in [-0.2, -0.15) is 0 Å². The molecular weight excluding hydrogens is 448 g/mol. The summed E-state index contributed by atoms with van der Waals surface area (Å²) in [6, 6.07) is 5.11. The van der Waals surface area contributed by atoms with E-state index in [1.54, 1.807) is 26.3 Å². The molecule has 33 heavy (non-hydrogen) atoms. The van der Waals surface area contributed by atoms with Crippen molar-refractivity contribution in [2.75, 3.05) is 37.1 Å². The van der Waals surface area contributed by atoms with Gasteiger partial charge in [-0.15, -0.1) is 0 Å². The fraction of sp³-hybridized carbons (Fsp3) is 0.429. The van der Waals surface area contributed by atoms with Gasteiger partial charge in [-0.05, 0) is 13.0 Å². The Labute approximate surface area is 193 Å². The number of carbonyl (C=O) groups is 1. The standard InChI is InChI=1S/C21H24N6O5S/c1-11(8-28)23-19(29)26-20-25-14-6-12-9-31-10-15(18(14)33-20)27(12)21-22-7-16(32-21)13-4-3-5-17(24-13)30-2/h3-5,7,11-12,15,28H,6,8-10H2,1-2H3,(H2,23,25,26,29)/t11-,12+,15+/m1/s1. The largest absolute Gasteiger partial charge is 0.481 e. The first-order valence-corrected chi connectivity index (χ1v) is 11.4. The zero-order valence-corrected chi connectivity index (χ0v) is 19.0. The number of amides is 2. The van der Waals surface area contributed by atoms with E-state index < -0.39 is 6.03 Å². The summed E-state index contributed by atoms with van der Waals surface area (Å²) in [4.78, 5) is 28.9. The molecule has 1 fully saturated rings. The number of aliphatic hydroxyl groups is 1. The number of nitrogens with one attached hydrogen (secondary N) is 2. The van der Waals surface area contributed by atoms with Crippen LogP contribution in [0.5, 0.6) is 5.88 Å². The van der Waals surface area contributed by atoms with Crippen LogP contribution in [0.15, 0.2) is 28.8 Å². The van der Waals surface area contributed by atoms with Crippen molar-refractivity contribution in [1.29, 1.82) is 0 Å². The third kappa shape index (κ3) is 4.24. The summed E-state index contributed by atoms with van der Waals surface area (Å²) in [6.45, 7) is 2.57. The lowest BCUT2D eigenvalue weighted by molar-refractivity contribution is 0.0578. The smallest absolute Gasteiger partial charge is 0.321 e. The summed E-state index contributed by atoms with van der Waals surface area (Å²) in [7, 11) is 1.57. The number of aromatic nitrogens is 3. The Hall–Kier alpha value is -3.22. The summed E-state index contributed by atoms with van der Waals surface area (Å²) in [5.74, 6) is 1.05. The summed E-state index contributed by atoms with van der Waals surface area (Å²) in [6.07, 6.45) is 2.31. The van der Waals surface area contributed by atoms with Crippen LogP contribution in [-0.4, -0.2) is 65.1 Å². The SMILES string of the molecule is COc1cccc(-c2cnc(N3[C@@H]4COC[C@H]3c3sc(NC(=O)N[C@H](C)CO)nc3C4)o2)n1. The van der Waals surface area contributed by atoms with Crippen LogP contribution in [0.25, 0.3) is 11.5 Å². The van der Waals surface area contributed by atoms with Gasteiger partial charge in [0.05, 0.1) is 61.8 Å². The predicted molar refractivity (Wildman–Crippen MR) is 121 cm³/mol. The van der Waals surface area contributed by atoms with Crippen LogP contribution in [0.1, 0.15) is 23.5 Å². The number of aliphatic hydroxyl groups excluding tert-OH is 1. The quantitative estimate of drug-likeness (QED) is 0.493. The van der Waals surface area contributed by atoms with E-state index >= 15 is 0 Å². The maximum atomic E-state index is 12.1. The molecule has 0 saturated carbocycles. The lowest BCUT2D eigenvalue weighted by Gasteiger charge is -2.43. The number of fused-ring (bicyclic) bond motifs is 4. The first kappa shape index (κ1) is 21.6. The second-order valence-corrected chi connectivity index (χ2v) is 8.93. The molecule has 12 heteroatoms. The number of anilines is 2. The molecule has 3 aromatic heterocycles. The number of hydrogen-bond acceptors (Lipinski definition) is 10. The number of ether oxygens (including phenoxy) is 2. The van der Waals surface area contributed by atoms with Crippen LogP contribution < -0.4 is 20.3 Å². The number of pyridine rings is 1. The van der Waals surface area contributed by atoms with Gasteiger partial charge in [-0.1, -0.05) is 17.4 Å². The van der Waals surface area contributed by atoms with E-state index in [1.807, 2.05) is 12.1 Å². The molecule has 1 saturated heterocycles. The average molecular weight is 473 g/mol. The highest BCUT2D eigenvalue weighted by Crippen LogP contribution is 2.43. The third-order valence-electron chi connectivity index (χ3n) is 5.55. The molecule has 0 radical (unpaired) electrons. The number of oxazole rings is 1. The Kier molecular flexibility index (Phi) is 5.87. The number of methoxy groups -OCH3 is 1. The van der Waals surface area contributed by atoms with E-state index in [-0.39, 0.29) is 24.7 Å². The van der Waals surface area contributed by atoms with E-state index in [0.717, 1.165) is 10.6 Å². The number of morpholine rings is 1. The van der Waals surface area contributed by atoms with Crippen LogP contribution in [-0.2, 0) is 11.2 Å². The van der Waals surface area contributed by atoms with Crippen molar-refractivity contribution >= 4 is 28.5 Å². The molecular formula is C21H24N6O5S. The number of carbonyl (C=O) groups excluding carboxylic acids is 1. The van der Waals surface area contributed by atoms with Crippen molar-refractivity contribution in [1.82, 2.24) is 20.3 Å². The zero-order chi connectivity index (χ0) is 22.9. The van der Waals surface area contributed by atoms with Gasteiger partial charge in [-0.25, -0.2) is 19.7 Å². The van der Waals surface area contributed by atoms with Crippen molar-refractivity contribution < 1.29 is 23.8 Å². The van der Waals surface area contributed by atoms with Crippen LogP contribution in [0.4, 0.5) is 15.9 Å². The molecule has 0 aliphatic carbocycles. The molecule has 3 N–H and O–H groups in total. The molecule has 3 aromatic rings. The van der Waals surface area contributed by atoms with E-state index in [9.17, 15) is 4.79 Å². The fourth-order valence-corrected chi connectivity index (χ4v) is 5.07. The van der Waals surface area contributed by atoms with Crippen molar-refractivity contribution in [3.05, 3.63) is 35.0 Å². The molecule has 2 bridgehead atoms. The number of urea groups is 1. The van der Waals surface area contributed by atoms with E-state index in [2.05, 4.69) is 30.5 Å². The highest BCUT2D eigenvalue weighted by Gasteiger charge is 2.42. The molecule has 3 atom stereocenters. The van der Waals surface area contributed by atoms with Gasteiger partial charge < -0.3 is 29.2 Å². The van der Waals surface area contributed by atoms with E-state index in [4.69, 9.17) is 19.0 Å². The average Bonchev–Trinajstić information content (AvgIpc) is 3.46. The molecule has 0 aromatic carbocycles. The molecule has 2 aliphatic rings. The first-order chi connectivity index (χ1) is 16.1.